The smallest absolute Gasteiger partial charge is 0.127 e. The molecule has 1 fully saturated rings. The first-order valence-electron chi connectivity index (χ1n) is 7.40. The van der Waals surface area contributed by atoms with Crippen LogP contribution >= 0.6 is 0 Å². The van der Waals surface area contributed by atoms with E-state index >= 15 is 0 Å². The van der Waals surface area contributed by atoms with E-state index in [1.54, 1.807) is 7.11 Å². The zero-order valence-electron chi connectivity index (χ0n) is 13.0. The molecule has 1 N–H and O–H groups in total. The van der Waals surface area contributed by atoms with E-state index < -0.39 is 0 Å². The molecule has 1 aliphatic heterocycles. The minimum atomic E-state index is 0.109. The summed E-state index contributed by atoms with van der Waals surface area (Å²) in [4.78, 5) is 0. The molecule has 1 saturated heterocycles. The van der Waals surface area contributed by atoms with Crippen LogP contribution in [0.1, 0.15) is 49.8 Å². The van der Waals surface area contributed by atoms with Gasteiger partial charge in [-0.2, -0.15) is 0 Å². The van der Waals surface area contributed by atoms with Crippen LogP contribution in [-0.2, 0) is 5.54 Å². The summed E-state index contributed by atoms with van der Waals surface area (Å²) in [5.74, 6) is 1.76. The third-order valence-electron chi connectivity index (χ3n) is 4.40. The molecule has 1 aromatic carbocycles. The number of hydrogen-bond donors (Lipinski definition) is 1. The van der Waals surface area contributed by atoms with Crippen LogP contribution in [-0.4, -0.2) is 13.7 Å². The van der Waals surface area contributed by atoms with Crippen molar-refractivity contribution in [3.63, 3.8) is 0 Å². The van der Waals surface area contributed by atoms with Crippen molar-refractivity contribution in [1.29, 1.82) is 0 Å². The van der Waals surface area contributed by atoms with Gasteiger partial charge >= 0.3 is 0 Å². The van der Waals surface area contributed by atoms with Gasteiger partial charge in [0.2, 0.25) is 0 Å². The molecule has 0 aromatic heterocycles. The summed E-state index contributed by atoms with van der Waals surface area (Å²) in [5.41, 5.74) is 4.04. The molecule has 0 aliphatic carbocycles. The Bertz CT molecular complexity index is 445. The predicted octanol–water partition coefficient (Wildman–Crippen LogP) is 3.94. The number of hydrogen-bond acceptors (Lipinski definition) is 2. The van der Waals surface area contributed by atoms with Crippen LogP contribution < -0.4 is 10.1 Å². The van der Waals surface area contributed by atoms with Gasteiger partial charge in [0.05, 0.1) is 7.11 Å². The third-order valence-corrected chi connectivity index (χ3v) is 4.40. The molecule has 0 spiro atoms. The fraction of sp³-hybridized carbons (Fsp3) is 0.647. The van der Waals surface area contributed by atoms with Crippen LogP contribution in [0.4, 0.5) is 0 Å². The Labute approximate surface area is 117 Å². The molecule has 0 bridgehead atoms. The molecule has 106 valence electrons. The van der Waals surface area contributed by atoms with E-state index in [-0.39, 0.29) is 5.54 Å². The van der Waals surface area contributed by atoms with Crippen molar-refractivity contribution in [2.75, 3.05) is 13.7 Å². The van der Waals surface area contributed by atoms with Gasteiger partial charge in [-0.3, -0.25) is 0 Å². The van der Waals surface area contributed by atoms with Crippen LogP contribution in [0.15, 0.2) is 12.1 Å². The SMILES string of the molecule is COc1c(C2(CC(C)C)CCCN2)ccc(C)c1C. The number of nitrogens with one attached hydrogen (secondary N) is 1. The van der Waals surface area contributed by atoms with Crippen LogP contribution in [0.2, 0.25) is 0 Å². The molecule has 2 rings (SSSR count). The molecule has 2 heteroatoms. The van der Waals surface area contributed by atoms with Crippen LogP contribution in [0.25, 0.3) is 0 Å². The lowest BCUT2D eigenvalue weighted by molar-refractivity contribution is 0.294. The van der Waals surface area contributed by atoms with Crippen LogP contribution in [0, 0.1) is 19.8 Å². The second-order valence-corrected chi connectivity index (χ2v) is 6.30. The maximum atomic E-state index is 5.74. The van der Waals surface area contributed by atoms with Crippen molar-refractivity contribution in [3.05, 3.63) is 28.8 Å². The minimum absolute atomic E-state index is 0.109. The largest absolute Gasteiger partial charge is 0.496 e. The lowest BCUT2D eigenvalue weighted by Gasteiger charge is -2.34. The normalized spacial score (nSPS) is 23.1. The van der Waals surface area contributed by atoms with E-state index in [0.717, 1.165) is 12.3 Å². The van der Waals surface area contributed by atoms with Crippen molar-refractivity contribution < 1.29 is 4.74 Å². The topological polar surface area (TPSA) is 21.3 Å². The van der Waals surface area contributed by atoms with E-state index in [0.29, 0.717) is 5.92 Å². The van der Waals surface area contributed by atoms with Gasteiger partial charge in [0.1, 0.15) is 5.75 Å². The summed E-state index contributed by atoms with van der Waals surface area (Å²) >= 11 is 0. The molecule has 2 nitrogen and oxygen atoms in total. The molecular formula is C17H27NO. The molecule has 1 aromatic rings. The van der Waals surface area contributed by atoms with Gasteiger partial charge in [0.25, 0.3) is 0 Å². The average molecular weight is 261 g/mol. The Balaban J connectivity index is 2.51. The van der Waals surface area contributed by atoms with E-state index in [2.05, 4.69) is 45.1 Å². The fourth-order valence-electron chi connectivity index (χ4n) is 3.45. The molecule has 1 atom stereocenters. The zero-order valence-corrected chi connectivity index (χ0v) is 13.0. The van der Waals surface area contributed by atoms with Crippen molar-refractivity contribution in [1.82, 2.24) is 5.32 Å². The van der Waals surface area contributed by atoms with Crippen molar-refractivity contribution in [2.45, 2.75) is 52.5 Å². The standard InChI is InChI=1S/C17H27NO/c1-12(2)11-17(9-6-10-18-17)15-8-7-13(3)14(4)16(15)19-5/h7-8,12,18H,6,9-11H2,1-5H3. The van der Waals surface area contributed by atoms with Gasteiger partial charge in [0.15, 0.2) is 0 Å². The van der Waals surface area contributed by atoms with Gasteiger partial charge in [-0.05, 0) is 56.7 Å². The highest BCUT2D eigenvalue weighted by Crippen LogP contribution is 2.42. The summed E-state index contributed by atoms with van der Waals surface area (Å²) in [7, 11) is 1.79. The van der Waals surface area contributed by atoms with Gasteiger partial charge in [-0.15, -0.1) is 0 Å². The van der Waals surface area contributed by atoms with E-state index in [1.165, 1.54) is 36.0 Å². The lowest BCUT2D eigenvalue weighted by Crippen LogP contribution is -2.38. The average Bonchev–Trinajstić information content (AvgIpc) is 2.81. The highest BCUT2D eigenvalue weighted by molar-refractivity contribution is 5.49. The van der Waals surface area contributed by atoms with Crippen molar-refractivity contribution in [3.8, 4) is 5.75 Å². The Morgan fingerprint density at radius 1 is 1.32 bits per heavy atom. The Hall–Kier alpha value is -1.02. The number of rotatable bonds is 4. The number of methoxy groups -OCH3 is 1. The molecule has 0 radical (unpaired) electrons. The lowest BCUT2D eigenvalue weighted by atomic mass is 9.79. The van der Waals surface area contributed by atoms with Crippen molar-refractivity contribution >= 4 is 0 Å². The van der Waals surface area contributed by atoms with E-state index in [4.69, 9.17) is 4.74 Å². The van der Waals surface area contributed by atoms with E-state index in [9.17, 15) is 0 Å². The van der Waals surface area contributed by atoms with Crippen molar-refractivity contribution in [2.24, 2.45) is 5.92 Å². The third kappa shape index (κ3) is 2.64. The molecule has 0 amide bonds. The highest BCUT2D eigenvalue weighted by Gasteiger charge is 2.38. The summed E-state index contributed by atoms with van der Waals surface area (Å²) in [6, 6.07) is 4.50. The summed E-state index contributed by atoms with van der Waals surface area (Å²) in [5, 5.41) is 3.76. The second-order valence-electron chi connectivity index (χ2n) is 6.30. The molecule has 19 heavy (non-hydrogen) atoms. The number of ether oxygens (including phenoxy) is 1. The maximum Gasteiger partial charge on any atom is 0.127 e. The maximum absolute atomic E-state index is 5.74. The molecule has 0 saturated carbocycles. The highest BCUT2D eigenvalue weighted by atomic mass is 16.5. The molecule has 1 unspecified atom stereocenters. The first kappa shape index (κ1) is 14.4. The predicted molar refractivity (Wildman–Crippen MR) is 80.8 cm³/mol. The van der Waals surface area contributed by atoms with Gasteiger partial charge in [-0.1, -0.05) is 26.0 Å². The summed E-state index contributed by atoms with van der Waals surface area (Å²) in [6.07, 6.45) is 3.64. The van der Waals surface area contributed by atoms with Crippen LogP contribution in [0.5, 0.6) is 5.75 Å². The first-order valence-corrected chi connectivity index (χ1v) is 7.40. The van der Waals surface area contributed by atoms with Gasteiger partial charge in [-0.25, -0.2) is 0 Å². The van der Waals surface area contributed by atoms with Gasteiger partial charge in [0, 0.05) is 11.1 Å². The van der Waals surface area contributed by atoms with E-state index in [1.807, 2.05) is 0 Å². The second kappa shape index (κ2) is 5.54. The minimum Gasteiger partial charge on any atom is -0.496 e. The Morgan fingerprint density at radius 2 is 2.05 bits per heavy atom. The monoisotopic (exact) mass is 261 g/mol. The Kier molecular flexibility index (Phi) is 4.19. The van der Waals surface area contributed by atoms with Gasteiger partial charge < -0.3 is 10.1 Å². The number of aryl methyl sites for hydroxylation is 1. The summed E-state index contributed by atoms with van der Waals surface area (Å²) in [6.45, 7) is 10.0. The molecular weight excluding hydrogens is 234 g/mol. The molecule has 1 heterocycles. The quantitative estimate of drug-likeness (QED) is 0.886. The first-order chi connectivity index (χ1) is 9.00. The fourth-order valence-corrected chi connectivity index (χ4v) is 3.45. The number of benzene rings is 1. The van der Waals surface area contributed by atoms with Crippen LogP contribution in [0.3, 0.4) is 0 Å². The molecule has 1 aliphatic rings. The Morgan fingerprint density at radius 3 is 2.58 bits per heavy atom. The summed E-state index contributed by atoms with van der Waals surface area (Å²) < 4.78 is 5.74. The zero-order chi connectivity index (χ0) is 14.0.